The van der Waals surface area contributed by atoms with Gasteiger partial charge in [0.25, 0.3) is 0 Å². The Balaban J connectivity index is 1.90. The summed E-state index contributed by atoms with van der Waals surface area (Å²) in [5.41, 5.74) is 3.98. The highest BCUT2D eigenvalue weighted by molar-refractivity contribution is 7.14. The predicted octanol–water partition coefficient (Wildman–Crippen LogP) is 6.38. The third kappa shape index (κ3) is 4.26. The molecule has 0 saturated heterocycles. The van der Waals surface area contributed by atoms with Gasteiger partial charge in [0.1, 0.15) is 6.29 Å². The average molecular weight is 357 g/mol. The molecule has 3 rings (SSSR count). The number of hydrogen-bond acceptors (Lipinski definition) is 3. The van der Waals surface area contributed by atoms with E-state index < -0.39 is 0 Å². The number of carbonyl (C=O) groups is 1. The fourth-order valence-corrected chi connectivity index (χ4v) is 3.27. The number of hydrogen-bond donors (Lipinski definition) is 0. The van der Waals surface area contributed by atoms with E-state index in [-0.39, 0.29) is 0 Å². The van der Waals surface area contributed by atoms with Crippen molar-refractivity contribution in [3.63, 3.8) is 0 Å². The molecule has 0 saturated carbocycles. The van der Waals surface area contributed by atoms with E-state index in [1.165, 1.54) is 11.1 Å². The molecule has 128 valence electrons. The SMILES string of the molecule is C=C/C(C=O)=C\C=C\N(c1ccc(-c2ccccc2)cc1)c1cccs1. The molecule has 0 aliphatic carbocycles. The van der Waals surface area contributed by atoms with Gasteiger partial charge in [-0.15, -0.1) is 11.3 Å². The molecule has 2 aromatic carbocycles. The van der Waals surface area contributed by atoms with Crippen LogP contribution < -0.4 is 4.90 Å². The van der Waals surface area contributed by atoms with Crippen LogP contribution in [-0.2, 0) is 4.79 Å². The van der Waals surface area contributed by atoms with E-state index in [1.54, 1.807) is 23.5 Å². The molecule has 0 amide bonds. The zero-order valence-electron chi connectivity index (χ0n) is 14.3. The molecule has 1 aromatic heterocycles. The van der Waals surface area contributed by atoms with Gasteiger partial charge in [0.05, 0.1) is 5.00 Å². The number of carbonyl (C=O) groups excluding carboxylic acids is 1. The summed E-state index contributed by atoms with van der Waals surface area (Å²) in [4.78, 5) is 13.0. The Bertz CT molecular complexity index is 897. The highest BCUT2D eigenvalue weighted by atomic mass is 32.1. The lowest BCUT2D eigenvalue weighted by atomic mass is 10.1. The van der Waals surface area contributed by atoms with Crippen molar-refractivity contribution in [1.82, 2.24) is 0 Å². The number of nitrogens with zero attached hydrogens (tertiary/aromatic N) is 1. The fraction of sp³-hybridized carbons (Fsp3) is 0. The molecule has 0 aliphatic rings. The second kappa shape index (κ2) is 8.79. The molecular formula is C23H19NOS. The second-order valence-corrected chi connectivity index (χ2v) is 6.49. The minimum Gasteiger partial charge on any atom is -0.309 e. The molecule has 3 heteroatoms. The van der Waals surface area contributed by atoms with E-state index in [9.17, 15) is 4.79 Å². The Labute approximate surface area is 158 Å². The van der Waals surface area contributed by atoms with Gasteiger partial charge in [-0.05, 0) is 46.8 Å². The Morgan fingerprint density at radius 3 is 2.27 bits per heavy atom. The first kappa shape index (κ1) is 17.6. The zero-order valence-corrected chi connectivity index (χ0v) is 15.1. The van der Waals surface area contributed by atoms with Gasteiger partial charge in [-0.1, -0.05) is 61.2 Å². The van der Waals surface area contributed by atoms with Crippen LogP contribution in [0.15, 0.2) is 109 Å². The van der Waals surface area contributed by atoms with Crippen LogP contribution in [0.3, 0.4) is 0 Å². The molecule has 0 unspecified atom stereocenters. The first-order valence-corrected chi connectivity index (χ1v) is 9.14. The van der Waals surface area contributed by atoms with Gasteiger partial charge >= 0.3 is 0 Å². The van der Waals surface area contributed by atoms with Crippen molar-refractivity contribution in [3.8, 4) is 11.1 Å². The van der Waals surface area contributed by atoms with Crippen LogP contribution in [0.5, 0.6) is 0 Å². The molecule has 0 radical (unpaired) electrons. The van der Waals surface area contributed by atoms with Crippen LogP contribution in [0.4, 0.5) is 10.7 Å². The minimum atomic E-state index is 0.548. The quantitative estimate of drug-likeness (QED) is 0.278. The maximum Gasteiger partial charge on any atom is 0.150 e. The number of thiophene rings is 1. The first-order chi connectivity index (χ1) is 12.8. The average Bonchev–Trinajstić information content (AvgIpc) is 3.24. The summed E-state index contributed by atoms with van der Waals surface area (Å²) >= 11 is 1.66. The molecule has 0 bridgehead atoms. The summed E-state index contributed by atoms with van der Waals surface area (Å²) in [6, 6.07) is 22.8. The van der Waals surface area contributed by atoms with Crippen molar-refractivity contribution in [2.75, 3.05) is 4.90 Å². The highest BCUT2D eigenvalue weighted by Crippen LogP contribution is 2.31. The Morgan fingerprint density at radius 2 is 1.65 bits per heavy atom. The lowest BCUT2D eigenvalue weighted by Crippen LogP contribution is -2.06. The number of allylic oxidation sites excluding steroid dienone is 4. The van der Waals surface area contributed by atoms with Gasteiger partial charge < -0.3 is 4.90 Å². The van der Waals surface area contributed by atoms with Crippen LogP contribution in [0.2, 0.25) is 0 Å². The lowest BCUT2D eigenvalue weighted by Gasteiger charge is -2.19. The molecule has 3 aromatic rings. The molecule has 1 heterocycles. The molecule has 0 N–H and O–H groups in total. The van der Waals surface area contributed by atoms with E-state index in [4.69, 9.17) is 0 Å². The summed E-state index contributed by atoms with van der Waals surface area (Å²) in [5.74, 6) is 0. The Hall–Kier alpha value is -3.17. The van der Waals surface area contributed by atoms with Crippen molar-refractivity contribution < 1.29 is 4.79 Å². The zero-order chi connectivity index (χ0) is 18.2. The Morgan fingerprint density at radius 1 is 0.923 bits per heavy atom. The molecule has 0 fully saturated rings. The fourth-order valence-electron chi connectivity index (χ4n) is 2.53. The van der Waals surface area contributed by atoms with E-state index in [1.807, 2.05) is 41.9 Å². The van der Waals surface area contributed by atoms with Gasteiger partial charge in [-0.2, -0.15) is 0 Å². The minimum absolute atomic E-state index is 0.548. The van der Waals surface area contributed by atoms with Gasteiger partial charge in [0.15, 0.2) is 0 Å². The summed E-state index contributed by atoms with van der Waals surface area (Å²) < 4.78 is 0. The summed E-state index contributed by atoms with van der Waals surface area (Å²) in [7, 11) is 0. The largest absolute Gasteiger partial charge is 0.309 e. The summed E-state index contributed by atoms with van der Waals surface area (Å²) in [5, 5.41) is 3.15. The normalized spacial score (nSPS) is 11.5. The second-order valence-electron chi connectivity index (χ2n) is 5.56. The first-order valence-electron chi connectivity index (χ1n) is 8.26. The maximum atomic E-state index is 10.9. The number of rotatable bonds is 7. The van der Waals surface area contributed by atoms with E-state index >= 15 is 0 Å². The lowest BCUT2D eigenvalue weighted by molar-refractivity contribution is -0.104. The van der Waals surface area contributed by atoms with E-state index in [2.05, 4.69) is 53.9 Å². The van der Waals surface area contributed by atoms with Crippen LogP contribution in [0, 0.1) is 0 Å². The van der Waals surface area contributed by atoms with E-state index in [0.717, 1.165) is 17.0 Å². The molecule has 0 atom stereocenters. The molecule has 0 aliphatic heterocycles. The number of benzene rings is 2. The number of anilines is 2. The van der Waals surface area contributed by atoms with Gasteiger partial charge in [-0.25, -0.2) is 0 Å². The molecule has 26 heavy (non-hydrogen) atoms. The molecule has 2 nitrogen and oxygen atoms in total. The summed E-state index contributed by atoms with van der Waals surface area (Å²) in [6.45, 7) is 3.63. The van der Waals surface area contributed by atoms with Crippen molar-refractivity contribution in [2.24, 2.45) is 0 Å². The van der Waals surface area contributed by atoms with Gasteiger partial charge in [0.2, 0.25) is 0 Å². The smallest absolute Gasteiger partial charge is 0.150 e. The predicted molar refractivity (Wildman–Crippen MR) is 112 cm³/mol. The molecular weight excluding hydrogens is 338 g/mol. The Kier molecular flexibility index (Phi) is 5.96. The number of aldehydes is 1. The van der Waals surface area contributed by atoms with Crippen molar-refractivity contribution in [3.05, 3.63) is 109 Å². The third-order valence-electron chi connectivity index (χ3n) is 3.89. The van der Waals surface area contributed by atoms with Crippen molar-refractivity contribution >= 4 is 28.3 Å². The topological polar surface area (TPSA) is 20.3 Å². The van der Waals surface area contributed by atoms with Crippen LogP contribution in [0.25, 0.3) is 11.1 Å². The maximum absolute atomic E-state index is 10.9. The van der Waals surface area contributed by atoms with Crippen LogP contribution in [-0.4, -0.2) is 6.29 Å². The standard InChI is InChI=1S/C23H19NOS/c1-2-19(18-25)8-6-16-24(23-11-7-17-26-23)22-14-12-21(13-15-22)20-9-4-3-5-10-20/h2-18H,1H2/b16-6+,19-8+. The van der Waals surface area contributed by atoms with Gasteiger partial charge in [0, 0.05) is 17.5 Å². The van der Waals surface area contributed by atoms with Crippen molar-refractivity contribution in [1.29, 1.82) is 0 Å². The monoisotopic (exact) mass is 357 g/mol. The molecule has 0 spiro atoms. The third-order valence-corrected chi connectivity index (χ3v) is 4.76. The van der Waals surface area contributed by atoms with E-state index in [0.29, 0.717) is 5.57 Å². The van der Waals surface area contributed by atoms with Gasteiger partial charge in [-0.3, -0.25) is 4.79 Å². The van der Waals surface area contributed by atoms with Crippen LogP contribution >= 0.6 is 11.3 Å². The van der Waals surface area contributed by atoms with Crippen molar-refractivity contribution in [2.45, 2.75) is 0 Å². The highest BCUT2D eigenvalue weighted by Gasteiger charge is 2.07. The summed E-state index contributed by atoms with van der Waals surface area (Å²) in [6.07, 6.45) is 7.90. The van der Waals surface area contributed by atoms with Crippen LogP contribution in [0.1, 0.15) is 0 Å².